The first-order chi connectivity index (χ1) is 11.2. The zero-order valence-electron chi connectivity index (χ0n) is 13.6. The molecule has 0 saturated carbocycles. The van der Waals surface area contributed by atoms with Gasteiger partial charge in [0, 0.05) is 0 Å². The van der Waals surface area contributed by atoms with Gasteiger partial charge in [0.2, 0.25) is 0 Å². The summed E-state index contributed by atoms with van der Waals surface area (Å²) < 4.78 is 29.0. The van der Waals surface area contributed by atoms with Crippen molar-refractivity contribution in [3.05, 3.63) is 10.3 Å². The predicted molar refractivity (Wildman–Crippen MR) is 98.4 cm³/mol. The summed E-state index contributed by atoms with van der Waals surface area (Å²) in [4.78, 5) is 9.64. The Bertz CT molecular complexity index is 479. The largest absolute Gasteiger partial charge is 0.527 e. The van der Waals surface area contributed by atoms with Gasteiger partial charge in [-0.2, -0.15) is 0 Å². The van der Waals surface area contributed by atoms with Gasteiger partial charge in [-0.15, -0.1) is 0 Å². The van der Waals surface area contributed by atoms with E-state index in [1.54, 1.807) is 20.8 Å². The van der Waals surface area contributed by atoms with Crippen LogP contribution >= 0.6 is 65.8 Å². The van der Waals surface area contributed by atoms with Gasteiger partial charge in [0.05, 0.1) is 38.1 Å². The molecule has 0 aromatic heterocycles. The summed E-state index contributed by atoms with van der Waals surface area (Å²) in [6.07, 6.45) is -1.45. The highest BCUT2D eigenvalue weighted by Gasteiger charge is 2.37. The van der Waals surface area contributed by atoms with Crippen molar-refractivity contribution >= 4 is 65.8 Å². The van der Waals surface area contributed by atoms with Crippen molar-refractivity contribution in [1.82, 2.24) is 0 Å². The molecule has 4 unspecified atom stereocenters. The lowest BCUT2D eigenvalue weighted by atomic mass is 10.4. The molecule has 0 radical (unpaired) electrons. The Hall–Kier alpha value is 1.02. The monoisotopic (exact) mass is 482 g/mol. The molecule has 2 N–H and O–H groups in total. The Balaban J connectivity index is 4.40. The molecule has 4 atom stereocenters. The second kappa shape index (κ2) is 11.8. The molecule has 13 heteroatoms. The molecular weight excluding hydrogens is 464 g/mol. The highest BCUT2D eigenvalue weighted by Crippen LogP contribution is 2.52. The summed E-state index contributed by atoms with van der Waals surface area (Å²) >= 11 is 27.5. The zero-order valence-corrected chi connectivity index (χ0v) is 18.3. The second-order valence-electron chi connectivity index (χ2n) is 5.08. The van der Waals surface area contributed by atoms with Gasteiger partial charge in [0.1, 0.15) is 4.49 Å². The van der Waals surface area contributed by atoms with E-state index in [2.05, 4.69) is 4.52 Å². The van der Waals surface area contributed by atoms with E-state index >= 15 is 0 Å². The third-order valence-corrected chi connectivity index (χ3v) is 4.09. The number of halogens is 5. The lowest BCUT2D eigenvalue weighted by Gasteiger charge is -2.22. The number of rotatable bonds is 11. The van der Waals surface area contributed by atoms with Crippen LogP contribution in [0, 0.1) is 0 Å². The van der Waals surface area contributed by atoms with E-state index in [4.69, 9.17) is 77.1 Å². The number of aliphatic hydroxyl groups is 1. The molecule has 25 heavy (non-hydrogen) atoms. The van der Waals surface area contributed by atoms with E-state index < -0.39 is 34.1 Å². The van der Waals surface area contributed by atoms with E-state index in [0.29, 0.717) is 0 Å². The van der Waals surface area contributed by atoms with Crippen LogP contribution in [0.4, 0.5) is 0 Å². The number of phosphoric ester groups is 1. The number of ether oxygens (including phenoxy) is 2. The van der Waals surface area contributed by atoms with Gasteiger partial charge in [-0.25, -0.2) is 4.57 Å². The van der Waals surface area contributed by atoms with Crippen LogP contribution in [0.3, 0.4) is 0 Å². The van der Waals surface area contributed by atoms with Crippen molar-refractivity contribution in [2.45, 2.75) is 42.9 Å². The molecule has 0 bridgehead atoms. The van der Waals surface area contributed by atoms with Crippen molar-refractivity contribution in [3.8, 4) is 0 Å². The SMILES string of the molecule is CC(O)COC(C)COC(C)COP(=O)(O)OC(=C(Cl)Cl)C(Cl)(Cl)Cl. The van der Waals surface area contributed by atoms with Crippen LogP contribution in [0.25, 0.3) is 0 Å². The predicted octanol–water partition coefficient (Wildman–Crippen LogP) is 4.33. The van der Waals surface area contributed by atoms with Crippen LogP contribution in [0.15, 0.2) is 10.3 Å². The van der Waals surface area contributed by atoms with Gasteiger partial charge in [-0.1, -0.05) is 58.0 Å². The minimum atomic E-state index is -4.65. The first kappa shape index (κ1) is 26.0. The topological polar surface area (TPSA) is 94.5 Å². The molecule has 0 aliphatic heterocycles. The maximum absolute atomic E-state index is 11.9. The molecule has 0 aromatic carbocycles. The average Bonchev–Trinajstić information content (AvgIpc) is 2.45. The molecule has 0 saturated heterocycles. The number of allylic oxidation sites excluding steroid dienone is 1. The molecule has 7 nitrogen and oxygen atoms in total. The van der Waals surface area contributed by atoms with Crippen molar-refractivity contribution in [1.29, 1.82) is 0 Å². The number of hydrogen-bond acceptors (Lipinski definition) is 6. The van der Waals surface area contributed by atoms with Crippen molar-refractivity contribution in [2.75, 3.05) is 19.8 Å². The molecule has 0 amide bonds. The molecule has 0 aromatic rings. The van der Waals surface area contributed by atoms with Crippen LogP contribution in [-0.2, 0) is 23.1 Å². The maximum atomic E-state index is 11.9. The van der Waals surface area contributed by atoms with E-state index in [1.165, 1.54) is 0 Å². The third-order valence-electron chi connectivity index (χ3n) is 2.35. The minimum Gasteiger partial charge on any atom is -0.401 e. The van der Waals surface area contributed by atoms with E-state index in [-0.39, 0.29) is 25.9 Å². The fourth-order valence-electron chi connectivity index (χ4n) is 1.23. The van der Waals surface area contributed by atoms with Crippen molar-refractivity contribution < 1.29 is 33.1 Å². The van der Waals surface area contributed by atoms with Crippen LogP contribution in [0.1, 0.15) is 20.8 Å². The lowest BCUT2D eigenvalue weighted by molar-refractivity contribution is -0.0617. The lowest BCUT2D eigenvalue weighted by Crippen LogP contribution is -2.25. The van der Waals surface area contributed by atoms with Crippen molar-refractivity contribution in [2.24, 2.45) is 0 Å². The van der Waals surface area contributed by atoms with E-state index in [0.717, 1.165) is 0 Å². The number of aliphatic hydroxyl groups excluding tert-OH is 1. The summed E-state index contributed by atoms with van der Waals surface area (Å²) in [6.45, 7) is 4.99. The van der Waals surface area contributed by atoms with Crippen LogP contribution in [-0.4, -0.2) is 51.9 Å². The normalized spacial score (nSPS) is 18.2. The third kappa shape index (κ3) is 12.9. The van der Waals surface area contributed by atoms with Crippen LogP contribution < -0.4 is 0 Å². The van der Waals surface area contributed by atoms with Gasteiger partial charge in [-0.3, -0.25) is 9.42 Å². The highest BCUT2D eigenvalue weighted by molar-refractivity contribution is 7.47. The Morgan fingerprint density at radius 2 is 1.52 bits per heavy atom. The fourth-order valence-corrected chi connectivity index (χ4v) is 3.46. The molecule has 0 aliphatic rings. The number of phosphoric acid groups is 1. The maximum Gasteiger partial charge on any atom is 0.527 e. The van der Waals surface area contributed by atoms with Crippen molar-refractivity contribution in [3.63, 3.8) is 0 Å². The summed E-state index contributed by atoms with van der Waals surface area (Å²) in [7, 11) is -4.65. The zero-order chi connectivity index (χ0) is 19.8. The Morgan fingerprint density at radius 3 is 1.96 bits per heavy atom. The quantitative estimate of drug-likeness (QED) is 0.256. The molecule has 0 heterocycles. The first-order valence-electron chi connectivity index (χ1n) is 6.95. The number of hydrogen-bond donors (Lipinski definition) is 2. The minimum absolute atomic E-state index is 0.167. The van der Waals surface area contributed by atoms with Gasteiger partial charge in [0.15, 0.2) is 5.76 Å². The Morgan fingerprint density at radius 1 is 1.04 bits per heavy atom. The van der Waals surface area contributed by atoms with E-state index in [9.17, 15) is 9.46 Å². The Kier molecular flexibility index (Phi) is 12.3. The molecule has 150 valence electrons. The Labute approximate surface area is 171 Å². The summed E-state index contributed by atoms with van der Waals surface area (Å²) in [5.41, 5.74) is 0. The smallest absolute Gasteiger partial charge is 0.401 e. The summed E-state index contributed by atoms with van der Waals surface area (Å²) in [5.74, 6) is -0.736. The van der Waals surface area contributed by atoms with E-state index in [1.807, 2.05) is 0 Å². The first-order valence-corrected chi connectivity index (χ1v) is 10.3. The average molecular weight is 485 g/mol. The molecule has 0 spiro atoms. The van der Waals surface area contributed by atoms with Crippen LogP contribution in [0.2, 0.25) is 0 Å². The second-order valence-corrected chi connectivity index (χ2v) is 9.69. The van der Waals surface area contributed by atoms with Gasteiger partial charge >= 0.3 is 7.82 Å². The molecular formula is C12H20Cl5O7P. The summed E-state index contributed by atoms with van der Waals surface area (Å²) in [5, 5.41) is 9.11. The van der Waals surface area contributed by atoms with Gasteiger partial charge in [-0.05, 0) is 20.8 Å². The highest BCUT2D eigenvalue weighted by atomic mass is 35.6. The van der Waals surface area contributed by atoms with Crippen LogP contribution in [0.5, 0.6) is 0 Å². The standard InChI is InChI=1S/C12H20Cl5O7P/c1-7(18)4-21-8(2)5-22-9(3)6-23-25(19,20)24-10(11(13)14)12(15,16)17/h7-9,18H,4-6H2,1-3H3,(H,19,20). The summed E-state index contributed by atoms with van der Waals surface area (Å²) in [6, 6.07) is 0. The van der Waals surface area contributed by atoms with Gasteiger partial charge in [0.25, 0.3) is 3.79 Å². The molecule has 0 fully saturated rings. The number of alkyl halides is 3. The fraction of sp³-hybridized carbons (Fsp3) is 0.833. The molecule has 0 aliphatic carbocycles. The molecule has 0 rings (SSSR count). The van der Waals surface area contributed by atoms with Gasteiger partial charge < -0.3 is 19.1 Å².